The minimum Gasteiger partial charge on any atom is -0.444 e. The van der Waals surface area contributed by atoms with E-state index in [-0.39, 0.29) is 10.7 Å². The summed E-state index contributed by atoms with van der Waals surface area (Å²) in [5.74, 6) is 0.204. The summed E-state index contributed by atoms with van der Waals surface area (Å²) < 4.78 is 32.1. The summed E-state index contributed by atoms with van der Waals surface area (Å²) in [6, 6.07) is 11.3. The molecule has 0 saturated heterocycles. The number of rotatable bonds is 3. The van der Waals surface area contributed by atoms with Crippen molar-refractivity contribution in [2.45, 2.75) is 31.3 Å². The van der Waals surface area contributed by atoms with Gasteiger partial charge in [0, 0.05) is 23.8 Å². The third-order valence-electron chi connectivity index (χ3n) is 3.47. The smallest absolute Gasteiger partial charge is 0.413 e. The van der Waals surface area contributed by atoms with E-state index in [0.717, 1.165) is 0 Å². The first-order valence-electron chi connectivity index (χ1n) is 7.94. The van der Waals surface area contributed by atoms with Crippen molar-refractivity contribution in [2.24, 2.45) is 0 Å². The fraction of sp³-hybridized carbons (Fsp3) is 0.222. The number of fused-ring (bicyclic) bond motifs is 1. The average Bonchev–Trinajstić information content (AvgIpc) is 2.97. The molecule has 2 heterocycles. The Hall–Kier alpha value is -2.87. The van der Waals surface area contributed by atoms with Crippen LogP contribution in [0.5, 0.6) is 0 Å². The Balaban J connectivity index is 1.98. The molecular weight excluding hydrogens is 354 g/mol. The molecule has 2 aromatic heterocycles. The molecule has 1 aromatic carbocycles. The molecule has 0 aliphatic heterocycles. The van der Waals surface area contributed by atoms with E-state index in [1.807, 2.05) is 0 Å². The second-order valence-electron chi connectivity index (χ2n) is 6.68. The van der Waals surface area contributed by atoms with Gasteiger partial charge in [0.2, 0.25) is 0 Å². The molecule has 0 fully saturated rings. The molecular formula is C18H19N3O4S. The van der Waals surface area contributed by atoms with Crippen molar-refractivity contribution in [2.75, 3.05) is 5.32 Å². The average molecular weight is 373 g/mol. The second-order valence-corrected chi connectivity index (χ2v) is 8.50. The van der Waals surface area contributed by atoms with Gasteiger partial charge in [-0.3, -0.25) is 5.32 Å². The Labute approximate surface area is 151 Å². The maximum absolute atomic E-state index is 12.9. The summed E-state index contributed by atoms with van der Waals surface area (Å²) in [6.07, 6.45) is 2.30. The first kappa shape index (κ1) is 17.9. The Morgan fingerprint density at radius 2 is 1.85 bits per heavy atom. The van der Waals surface area contributed by atoms with Gasteiger partial charge in [-0.05, 0) is 39.0 Å². The highest BCUT2D eigenvalue weighted by Gasteiger charge is 2.20. The van der Waals surface area contributed by atoms with E-state index in [1.54, 1.807) is 45.0 Å². The van der Waals surface area contributed by atoms with Crippen LogP contribution in [0.3, 0.4) is 0 Å². The van der Waals surface area contributed by atoms with Gasteiger partial charge >= 0.3 is 6.09 Å². The fourth-order valence-corrected chi connectivity index (χ4v) is 3.76. The molecule has 0 spiro atoms. The van der Waals surface area contributed by atoms with Crippen LogP contribution in [-0.4, -0.2) is 29.1 Å². The summed E-state index contributed by atoms with van der Waals surface area (Å²) >= 11 is 0. The normalized spacial score (nSPS) is 12.1. The number of nitrogens with one attached hydrogen (secondary N) is 1. The maximum Gasteiger partial charge on any atom is 0.413 e. The van der Waals surface area contributed by atoms with Crippen LogP contribution < -0.4 is 5.32 Å². The molecule has 0 bridgehead atoms. The van der Waals surface area contributed by atoms with E-state index in [9.17, 15) is 13.2 Å². The van der Waals surface area contributed by atoms with Crippen molar-refractivity contribution in [1.82, 2.24) is 8.96 Å². The zero-order valence-corrected chi connectivity index (χ0v) is 15.4. The van der Waals surface area contributed by atoms with Crippen LogP contribution in [0, 0.1) is 0 Å². The van der Waals surface area contributed by atoms with Gasteiger partial charge < -0.3 is 4.74 Å². The third-order valence-corrected chi connectivity index (χ3v) is 5.17. The molecule has 1 N–H and O–H groups in total. The van der Waals surface area contributed by atoms with Gasteiger partial charge in [-0.2, -0.15) is 0 Å². The third kappa shape index (κ3) is 3.70. The number of carbonyl (C=O) groups is 1. The molecule has 8 heteroatoms. The predicted octanol–water partition coefficient (Wildman–Crippen LogP) is 3.62. The zero-order chi connectivity index (χ0) is 18.9. The fourth-order valence-electron chi connectivity index (χ4n) is 2.40. The minimum atomic E-state index is -3.75. The van der Waals surface area contributed by atoms with Crippen LogP contribution in [0.15, 0.2) is 59.8 Å². The number of nitrogens with zero attached hydrogens (tertiary/aromatic N) is 2. The number of amides is 1. The molecule has 0 unspecified atom stereocenters. The maximum atomic E-state index is 12.9. The van der Waals surface area contributed by atoms with Gasteiger partial charge in [-0.25, -0.2) is 22.2 Å². The zero-order valence-electron chi connectivity index (χ0n) is 14.6. The molecule has 0 atom stereocenters. The van der Waals surface area contributed by atoms with Crippen molar-refractivity contribution in [1.29, 1.82) is 0 Å². The van der Waals surface area contributed by atoms with Crippen LogP contribution in [-0.2, 0) is 14.8 Å². The lowest BCUT2D eigenvalue weighted by molar-refractivity contribution is 0.0635. The standard InChI is InChI=1S/C18H19N3O4S/c1-18(2,3)25-17(22)20-16-11-15-13(12-19-16)9-10-21(15)26(23,24)14-7-5-4-6-8-14/h4-12H,1-3H3,(H,19,20,22). The quantitative estimate of drug-likeness (QED) is 0.757. The van der Waals surface area contributed by atoms with Gasteiger partial charge in [0.15, 0.2) is 0 Å². The number of aromatic nitrogens is 2. The highest BCUT2D eigenvalue weighted by Crippen LogP contribution is 2.23. The highest BCUT2D eigenvalue weighted by molar-refractivity contribution is 7.90. The second kappa shape index (κ2) is 6.45. The summed E-state index contributed by atoms with van der Waals surface area (Å²) in [4.78, 5) is 16.2. The largest absolute Gasteiger partial charge is 0.444 e. The molecule has 1 amide bonds. The molecule has 136 valence electrons. The minimum absolute atomic E-state index is 0.177. The summed E-state index contributed by atoms with van der Waals surface area (Å²) in [5.41, 5.74) is -0.236. The van der Waals surface area contributed by atoms with Gasteiger partial charge in [0.1, 0.15) is 11.4 Å². The van der Waals surface area contributed by atoms with Crippen molar-refractivity contribution < 1.29 is 17.9 Å². The molecule has 26 heavy (non-hydrogen) atoms. The summed E-state index contributed by atoms with van der Waals surface area (Å²) in [6.45, 7) is 5.25. The topological polar surface area (TPSA) is 90.3 Å². The van der Waals surface area contributed by atoms with Gasteiger partial charge in [-0.1, -0.05) is 18.2 Å². The number of ether oxygens (including phenoxy) is 1. The molecule has 3 rings (SSSR count). The Morgan fingerprint density at radius 3 is 2.50 bits per heavy atom. The van der Waals surface area contributed by atoms with E-state index >= 15 is 0 Å². The molecule has 0 aliphatic rings. The highest BCUT2D eigenvalue weighted by atomic mass is 32.2. The number of hydrogen-bond donors (Lipinski definition) is 1. The van der Waals surface area contributed by atoms with Crippen LogP contribution in [0.2, 0.25) is 0 Å². The number of benzene rings is 1. The predicted molar refractivity (Wildman–Crippen MR) is 98.6 cm³/mol. The number of anilines is 1. The van der Waals surface area contributed by atoms with E-state index in [1.165, 1.54) is 34.6 Å². The number of pyridine rings is 1. The number of carbonyl (C=O) groups excluding carboxylic acids is 1. The van der Waals surface area contributed by atoms with E-state index in [0.29, 0.717) is 10.9 Å². The van der Waals surface area contributed by atoms with Gasteiger partial charge in [-0.15, -0.1) is 0 Å². The first-order valence-corrected chi connectivity index (χ1v) is 9.38. The summed E-state index contributed by atoms with van der Waals surface area (Å²) in [7, 11) is -3.75. The first-order chi connectivity index (χ1) is 12.2. The van der Waals surface area contributed by atoms with E-state index < -0.39 is 21.7 Å². The van der Waals surface area contributed by atoms with Crippen molar-refractivity contribution in [3.63, 3.8) is 0 Å². The van der Waals surface area contributed by atoms with Crippen molar-refractivity contribution in [3.8, 4) is 0 Å². The molecule has 3 aromatic rings. The lowest BCUT2D eigenvalue weighted by Gasteiger charge is -2.19. The Kier molecular flexibility index (Phi) is 4.45. The SMILES string of the molecule is CC(C)(C)OC(=O)Nc1cc2c(ccn2S(=O)(=O)c2ccccc2)cn1. The van der Waals surface area contributed by atoms with Gasteiger partial charge in [0.05, 0.1) is 10.4 Å². The molecule has 7 nitrogen and oxygen atoms in total. The number of hydrogen-bond acceptors (Lipinski definition) is 5. The molecule has 0 saturated carbocycles. The van der Waals surface area contributed by atoms with Crippen molar-refractivity contribution >= 4 is 32.8 Å². The van der Waals surface area contributed by atoms with Crippen LogP contribution in [0.1, 0.15) is 20.8 Å². The van der Waals surface area contributed by atoms with Gasteiger partial charge in [0.25, 0.3) is 10.0 Å². The van der Waals surface area contributed by atoms with Crippen LogP contribution >= 0.6 is 0 Å². The Bertz CT molecular complexity index is 1050. The van der Waals surface area contributed by atoms with Crippen LogP contribution in [0.25, 0.3) is 10.9 Å². The monoisotopic (exact) mass is 373 g/mol. The van der Waals surface area contributed by atoms with Crippen LogP contribution in [0.4, 0.5) is 10.6 Å². The van der Waals surface area contributed by atoms with Crippen molar-refractivity contribution in [3.05, 3.63) is 54.9 Å². The Morgan fingerprint density at radius 1 is 1.15 bits per heavy atom. The molecule has 0 radical (unpaired) electrons. The lowest BCUT2D eigenvalue weighted by Crippen LogP contribution is -2.27. The van der Waals surface area contributed by atoms with E-state index in [2.05, 4.69) is 10.3 Å². The summed E-state index contributed by atoms with van der Waals surface area (Å²) in [5, 5.41) is 3.16. The molecule has 0 aliphatic carbocycles. The van der Waals surface area contributed by atoms with E-state index in [4.69, 9.17) is 4.74 Å². The lowest BCUT2D eigenvalue weighted by atomic mass is 10.2.